The second-order valence-electron chi connectivity index (χ2n) is 6.18. The van der Waals surface area contributed by atoms with Crippen LogP contribution in [0.15, 0.2) is 84.9 Å². The molecule has 0 spiro atoms. The maximum Gasteiger partial charge on any atom is 0.252 e. The lowest BCUT2D eigenvalue weighted by molar-refractivity contribution is 0.0943. The summed E-state index contributed by atoms with van der Waals surface area (Å²) >= 11 is 0. The summed E-state index contributed by atoms with van der Waals surface area (Å²) < 4.78 is 25.2. The van der Waals surface area contributed by atoms with E-state index >= 15 is 0 Å². The van der Waals surface area contributed by atoms with E-state index in [2.05, 4.69) is 10.0 Å². The first kappa shape index (κ1) is 18.7. The Kier molecular flexibility index (Phi) is 5.57. The van der Waals surface area contributed by atoms with E-state index in [4.69, 9.17) is 0 Å². The normalized spacial score (nSPS) is 11.2. The number of amides is 1. The van der Waals surface area contributed by atoms with Gasteiger partial charge >= 0.3 is 0 Å². The number of benzene rings is 3. The molecular formula is C21H20N2O3S. The molecule has 27 heavy (non-hydrogen) atoms. The molecule has 3 aromatic rings. The molecule has 0 aliphatic rings. The number of nitrogens with one attached hydrogen (secondary N) is 2. The van der Waals surface area contributed by atoms with Gasteiger partial charge in [-0.15, -0.1) is 0 Å². The summed E-state index contributed by atoms with van der Waals surface area (Å²) in [5.41, 5.74) is 2.64. The van der Waals surface area contributed by atoms with Crippen LogP contribution in [-0.2, 0) is 10.0 Å². The average Bonchev–Trinajstić information content (AvgIpc) is 2.66. The van der Waals surface area contributed by atoms with Gasteiger partial charge in [0.05, 0.1) is 12.3 Å². The molecule has 0 radical (unpaired) electrons. The molecular weight excluding hydrogens is 360 g/mol. The number of rotatable bonds is 6. The van der Waals surface area contributed by atoms with Crippen molar-refractivity contribution in [2.24, 2.45) is 0 Å². The molecule has 138 valence electrons. The molecule has 0 aromatic heterocycles. The van der Waals surface area contributed by atoms with Crippen molar-refractivity contribution < 1.29 is 13.2 Å². The minimum Gasteiger partial charge on any atom is -0.341 e. The van der Waals surface area contributed by atoms with E-state index in [1.165, 1.54) is 6.07 Å². The monoisotopic (exact) mass is 380 g/mol. The summed E-state index contributed by atoms with van der Waals surface area (Å²) in [4.78, 5) is 12.8. The van der Waals surface area contributed by atoms with Crippen molar-refractivity contribution >= 4 is 21.6 Å². The molecule has 3 aromatic carbocycles. The molecule has 0 heterocycles. The Hall–Kier alpha value is -3.12. The predicted octanol–water partition coefficient (Wildman–Crippen LogP) is 3.58. The molecule has 0 fully saturated rings. The van der Waals surface area contributed by atoms with Crippen molar-refractivity contribution in [3.8, 4) is 0 Å². The van der Waals surface area contributed by atoms with Crippen LogP contribution in [0.5, 0.6) is 0 Å². The maximum absolute atomic E-state index is 12.8. The maximum atomic E-state index is 12.8. The van der Waals surface area contributed by atoms with Gasteiger partial charge in [-0.05, 0) is 29.3 Å². The first-order valence-electron chi connectivity index (χ1n) is 8.41. The molecule has 0 aliphatic heterocycles. The Morgan fingerprint density at radius 1 is 0.815 bits per heavy atom. The van der Waals surface area contributed by atoms with Crippen LogP contribution >= 0.6 is 0 Å². The second-order valence-corrected chi connectivity index (χ2v) is 7.93. The standard InChI is InChI=1S/C21H20N2O3S/c1-27(25,26)23-19-14-8-13-18(15-19)21(24)22-20(16-9-4-2-5-10-16)17-11-6-3-7-12-17/h2-15,20,23H,1H3,(H,22,24). The van der Waals surface area contributed by atoms with Crippen LogP contribution in [-0.4, -0.2) is 20.6 Å². The molecule has 0 aliphatic carbocycles. The highest BCUT2D eigenvalue weighted by Gasteiger charge is 2.18. The summed E-state index contributed by atoms with van der Waals surface area (Å²) in [6.07, 6.45) is 1.07. The summed E-state index contributed by atoms with van der Waals surface area (Å²) in [5.74, 6) is -0.287. The van der Waals surface area contributed by atoms with Crippen molar-refractivity contribution in [2.75, 3.05) is 11.0 Å². The Morgan fingerprint density at radius 3 is 1.89 bits per heavy atom. The Balaban J connectivity index is 1.88. The second kappa shape index (κ2) is 8.05. The predicted molar refractivity (Wildman–Crippen MR) is 107 cm³/mol. The Morgan fingerprint density at radius 2 is 1.37 bits per heavy atom. The summed E-state index contributed by atoms with van der Waals surface area (Å²) in [6, 6.07) is 25.5. The number of anilines is 1. The molecule has 0 unspecified atom stereocenters. The van der Waals surface area contributed by atoms with Gasteiger partial charge in [0.15, 0.2) is 0 Å². The fourth-order valence-electron chi connectivity index (χ4n) is 2.80. The van der Waals surface area contributed by atoms with E-state index in [9.17, 15) is 13.2 Å². The van der Waals surface area contributed by atoms with Crippen LogP contribution in [0.3, 0.4) is 0 Å². The van der Waals surface area contributed by atoms with Gasteiger partial charge in [0, 0.05) is 11.3 Å². The van der Waals surface area contributed by atoms with Crippen molar-refractivity contribution in [3.63, 3.8) is 0 Å². The van der Waals surface area contributed by atoms with E-state index in [0.29, 0.717) is 11.3 Å². The molecule has 0 saturated carbocycles. The smallest absolute Gasteiger partial charge is 0.252 e. The molecule has 1 amide bonds. The minimum absolute atomic E-state index is 0.287. The number of hydrogen-bond donors (Lipinski definition) is 2. The molecule has 0 saturated heterocycles. The van der Waals surface area contributed by atoms with Gasteiger partial charge in [-0.25, -0.2) is 8.42 Å². The van der Waals surface area contributed by atoms with E-state index in [0.717, 1.165) is 17.4 Å². The third-order valence-electron chi connectivity index (χ3n) is 3.97. The third kappa shape index (κ3) is 5.18. The van der Waals surface area contributed by atoms with Gasteiger partial charge in [-0.3, -0.25) is 9.52 Å². The van der Waals surface area contributed by atoms with Gasteiger partial charge in [-0.2, -0.15) is 0 Å². The highest BCUT2D eigenvalue weighted by Crippen LogP contribution is 2.22. The Labute approximate surface area is 159 Å². The topological polar surface area (TPSA) is 75.3 Å². The lowest BCUT2D eigenvalue weighted by Gasteiger charge is -2.20. The first-order valence-corrected chi connectivity index (χ1v) is 10.3. The number of carbonyl (C=O) groups excluding carboxylic acids is 1. The van der Waals surface area contributed by atoms with Crippen LogP contribution < -0.4 is 10.0 Å². The summed E-state index contributed by atoms with van der Waals surface area (Å²) in [6.45, 7) is 0. The number of sulfonamides is 1. The molecule has 0 bridgehead atoms. The van der Waals surface area contributed by atoms with Crippen LogP contribution in [0.4, 0.5) is 5.69 Å². The highest BCUT2D eigenvalue weighted by molar-refractivity contribution is 7.92. The van der Waals surface area contributed by atoms with Crippen molar-refractivity contribution in [1.29, 1.82) is 0 Å². The largest absolute Gasteiger partial charge is 0.341 e. The Bertz CT molecular complexity index is 980. The minimum atomic E-state index is -3.41. The van der Waals surface area contributed by atoms with Gasteiger partial charge < -0.3 is 5.32 Å². The van der Waals surface area contributed by atoms with E-state index in [1.807, 2.05) is 60.7 Å². The van der Waals surface area contributed by atoms with Crippen molar-refractivity contribution in [1.82, 2.24) is 5.32 Å². The quantitative estimate of drug-likeness (QED) is 0.686. The fraction of sp³-hybridized carbons (Fsp3) is 0.0952. The van der Waals surface area contributed by atoms with Gasteiger partial charge in [0.2, 0.25) is 10.0 Å². The zero-order valence-corrected chi connectivity index (χ0v) is 15.6. The molecule has 3 rings (SSSR count). The molecule has 0 atom stereocenters. The van der Waals surface area contributed by atoms with Crippen molar-refractivity contribution in [2.45, 2.75) is 6.04 Å². The van der Waals surface area contributed by atoms with Crippen LogP contribution in [0.25, 0.3) is 0 Å². The summed E-state index contributed by atoms with van der Waals surface area (Å²) in [5, 5.41) is 3.04. The highest BCUT2D eigenvalue weighted by atomic mass is 32.2. The van der Waals surface area contributed by atoms with Crippen LogP contribution in [0, 0.1) is 0 Å². The molecule has 2 N–H and O–H groups in total. The third-order valence-corrected chi connectivity index (χ3v) is 4.58. The number of hydrogen-bond acceptors (Lipinski definition) is 3. The average molecular weight is 380 g/mol. The van der Waals surface area contributed by atoms with E-state index in [-0.39, 0.29) is 11.9 Å². The molecule has 5 nitrogen and oxygen atoms in total. The van der Waals surface area contributed by atoms with E-state index in [1.54, 1.807) is 18.2 Å². The first-order chi connectivity index (χ1) is 12.9. The zero-order valence-electron chi connectivity index (χ0n) is 14.8. The molecule has 6 heteroatoms. The lowest BCUT2D eigenvalue weighted by Crippen LogP contribution is -2.29. The lowest BCUT2D eigenvalue weighted by atomic mass is 9.98. The van der Waals surface area contributed by atoms with E-state index < -0.39 is 10.0 Å². The van der Waals surface area contributed by atoms with Crippen molar-refractivity contribution in [3.05, 3.63) is 102 Å². The SMILES string of the molecule is CS(=O)(=O)Nc1cccc(C(=O)NC(c2ccccc2)c2ccccc2)c1. The van der Waals surface area contributed by atoms with Gasteiger partial charge in [0.1, 0.15) is 0 Å². The zero-order chi connectivity index (χ0) is 19.3. The van der Waals surface area contributed by atoms with Crippen LogP contribution in [0.2, 0.25) is 0 Å². The van der Waals surface area contributed by atoms with Crippen LogP contribution in [0.1, 0.15) is 27.5 Å². The number of carbonyl (C=O) groups is 1. The summed E-state index contributed by atoms with van der Waals surface area (Å²) in [7, 11) is -3.41. The fourth-order valence-corrected chi connectivity index (χ4v) is 3.36. The van der Waals surface area contributed by atoms with Gasteiger partial charge in [-0.1, -0.05) is 66.7 Å². The van der Waals surface area contributed by atoms with Gasteiger partial charge in [0.25, 0.3) is 5.91 Å².